The molecule has 1 N–H and O–H groups in total. The van der Waals surface area contributed by atoms with Crippen molar-refractivity contribution in [2.24, 2.45) is 11.8 Å². The molecule has 2 aliphatic rings. The van der Waals surface area contributed by atoms with Crippen molar-refractivity contribution in [3.05, 3.63) is 0 Å². The van der Waals surface area contributed by atoms with Gasteiger partial charge in [-0.3, -0.25) is 0 Å². The van der Waals surface area contributed by atoms with Gasteiger partial charge >= 0.3 is 0 Å². The Balaban J connectivity index is 1.63. The maximum Gasteiger partial charge on any atom is 0.0506 e. The molecule has 3 unspecified atom stereocenters. The molecule has 1 aliphatic heterocycles. The molecule has 0 radical (unpaired) electrons. The monoisotopic (exact) mass is 211 g/mol. The Morgan fingerprint density at radius 1 is 1.20 bits per heavy atom. The first-order valence-corrected chi connectivity index (χ1v) is 6.65. The number of rotatable bonds is 3. The molecule has 0 amide bonds. The van der Waals surface area contributed by atoms with Gasteiger partial charge in [0.1, 0.15) is 0 Å². The van der Waals surface area contributed by atoms with E-state index in [9.17, 15) is 0 Å². The predicted molar refractivity (Wildman–Crippen MR) is 63.0 cm³/mol. The van der Waals surface area contributed by atoms with E-state index in [0.717, 1.165) is 31.1 Å². The Labute approximate surface area is 93.8 Å². The van der Waals surface area contributed by atoms with Gasteiger partial charge in [-0.15, -0.1) is 0 Å². The second kappa shape index (κ2) is 5.86. The molecule has 2 fully saturated rings. The zero-order valence-corrected chi connectivity index (χ0v) is 10.0. The first-order chi connectivity index (χ1) is 7.34. The van der Waals surface area contributed by atoms with Crippen molar-refractivity contribution < 1.29 is 4.74 Å². The molecule has 0 aromatic heterocycles. The largest absolute Gasteiger partial charge is 0.381 e. The van der Waals surface area contributed by atoms with Crippen molar-refractivity contribution in [3.63, 3.8) is 0 Å². The molecular formula is C13H25NO. The molecule has 2 nitrogen and oxygen atoms in total. The van der Waals surface area contributed by atoms with Crippen LogP contribution in [0.1, 0.15) is 45.4 Å². The van der Waals surface area contributed by atoms with Crippen LogP contribution < -0.4 is 5.32 Å². The fraction of sp³-hybridized carbons (Fsp3) is 1.00. The van der Waals surface area contributed by atoms with Gasteiger partial charge in [-0.25, -0.2) is 0 Å². The Hall–Kier alpha value is -0.0800. The highest BCUT2D eigenvalue weighted by molar-refractivity contribution is 4.77. The minimum absolute atomic E-state index is 0.774. The van der Waals surface area contributed by atoms with E-state index in [0.29, 0.717) is 0 Å². The normalized spacial score (nSPS) is 37.8. The summed E-state index contributed by atoms with van der Waals surface area (Å²) in [6.07, 6.45) is 8.24. The van der Waals surface area contributed by atoms with Gasteiger partial charge in [-0.05, 0) is 37.5 Å². The lowest BCUT2D eigenvalue weighted by atomic mass is 9.87. The summed E-state index contributed by atoms with van der Waals surface area (Å²) in [5.41, 5.74) is 0. The molecule has 2 rings (SSSR count). The second-order valence-electron chi connectivity index (χ2n) is 5.46. The van der Waals surface area contributed by atoms with E-state index in [1.54, 1.807) is 0 Å². The van der Waals surface area contributed by atoms with Crippen LogP contribution in [-0.2, 0) is 4.74 Å². The Morgan fingerprint density at radius 2 is 2.13 bits per heavy atom. The maximum absolute atomic E-state index is 5.50. The number of nitrogens with one attached hydrogen (secondary N) is 1. The lowest BCUT2D eigenvalue weighted by Gasteiger charge is -2.30. The summed E-state index contributed by atoms with van der Waals surface area (Å²) in [7, 11) is 0. The molecule has 15 heavy (non-hydrogen) atoms. The number of ether oxygens (including phenoxy) is 1. The van der Waals surface area contributed by atoms with Gasteiger partial charge in [0.05, 0.1) is 6.61 Å². The van der Waals surface area contributed by atoms with Gasteiger partial charge in [-0.1, -0.05) is 19.8 Å². The van der Waals surface area contributed by atoms with Crippen molar-refractivity contribution in [1.82, 2.24) is 5.32 Å². The van der Waals surface area contributed by atoms with Gasteiger partial charge in [-0.2, -0.15) is 0 Å². The maximum atomic E-state index is 5.50. The van der Waals surface area contributed by atoms with Gasteiger partial charge in [0.15, 0.2) is 0 Å². The first kappa shape index (κ1) is 11.4. The summed E-state index contributed by atoms with van der Waals surface area (Å²) >= 11 is 0. The van der Waals surface area contributed by atoms with E-state index in [4.69, 9.17) is 4.74 Å². The number of hydrogen-bond acceptors (Lipinski definition) is 2. The molecule has 1 aliphatic carbocycles. The third-order valence-corrected chi connectivity index (χ3v) is 3.89. The van der Waals surface area contributed by atoms with Crippen LogP contribution in [0.4, 0.5) is 0 Å². The van der Waals surface area contributed by atoms with Crippen molar-refractivity contribution in [3.8, 4) is 0 Å². The van der Waals surface area contributed by atoms with Crippen LogP contribution in [0.2, 0.25) is 0 Å². The standard InChI is InChI=1S/C13H25NO/c1-11-4-2-6-13(8-11)14-9-12-5-3-7-15-10-12/h11-14H,2-10H2,1H3. The van der Waals surface area contributed by atoms with Crippen LogP contribution in [0.15, 0.2) is 0 Å². The molecule has 88 valence electrons. The Bertz CT molecular complexity index is 177. The summed E-state index contributed by atoms with van der Waals surface area (Å²) in [5.74, 6) is 1.70. The summed E-state index contributed by atoms with van der Waals surface area (Å²) in [6.45, 7) is 5.53. The molecule has 1 saturated carbocycles. The van der Waals surface area contributed by atoms with Crippen molar-refractivity contribution in [2.75, 3.05) is 19.8 Å². The van der Waals surface area contributed by atoms with Crippen LogP contribution in [0.3, 0.4) is 0 Å². The molecule has 2 heteroatoms. The van der Waals surface area contributed by atoms with E-state index in [1.807, 2.05) is 0 Å². The Kier molecular flexibility index (Phi) is 4.45. The fourth-order valence-electron chi connectivity index (χ4n) is 2.92. The van der Waals surface area contributed by atoms with E-state index >= 15 is 0 Å². The minimum Gasteiger partial charge on any atom is -0.381 e. The van der Waals surface area contributed by atoms with Gasteiger partial charge in [0, 0.05) is 19.2 Å². The quantitative estimate of drug-likeness (QED) is 0.774. The predicted octanol–water partition coefficient (Wildman–Crippen LogP) is 2.58. The molecule has 3 atom stereocenters. The van der Waals surface area contributed by atoms with Crippen LogP contribution >= 0.6 is 0 Å². The Morgan fingerprint density at radius 3 is 2.87 bits per heavy atom. The highest BCUT2D eigenvalue weighted by atomic mass is 16.5. The van der Waals surface area contributed by atoms with Crippen LogP contribution in [0, 0.1) is 11.8 Å². The molecule has 0 spiro atoms. The lowest BCUT2D eigenvalue weighted by molar-refractivity contribution is 0.0529. The van der Waals surface area contributed by atoms with Crippen molar-refractivity contribution in [1.29, 1.82) is 0 Å². The van der Waals surface area contributed by atoms with Gasteiger partial charge < -0.3 is 10.1 Å². The number of hydrogen-bond donors (Lipinski definition) is 1. The molecule has 0 aromatic rings. The summed E-state index contributed by atoms with van der Waals surface area (Å²) < 4.78 is 5.50. The summed E-state index contributed by atoms with van der Waals surface area (Å²) in [5, 5.41) is 3.74. The van der Waals surface area contributed by atoms with Gasteiger partial charge in [0.25, 0.3) is 0 Å². The van der Waals surface area contributed by atoms with Crippen LogP contribution in [-0.4, -0.2) is 25.8 Å². The zero-order chi connectivity index (χ0) is 10.5. The van der Waals surface area contributed by atoms with E-state index in [-0.39, 0.29) is 0 Å². The van der Waals surface area contributed by atoms with Crippen molar-refractivity contribution in [2.45, 2.75) is 51.5 Å². The molecular weight excluding hydrogens is 186 g/mol. The smallest absolute Gasteiger partial charge is 0.0506 e. The first-order valence-electron chi connectivity index (χ1n) is 6.65. The lowest BCUT2D eigenvalue weighted by Crippen LogP contribution is -2.38. The van der Waals surface area contributed by atoms with Crippen molar-refractivity contribution >= 4 is 0 Å². The molecule has 0 aromatic carbocycles. The van der Waals surface area contributed by atoms with E-state index in [1.165, 1.54) is 45.1 Å². The van der Waals surface area contributed by atoms with E-state index in [2.05, 4.69) is 12.2 Å². The third-order valence-electron chi connectivity index (χ3n) is 3.89. The van der Waals surface area contributed by atoms with Crippen LogP contribution in [0.25, 0.3) is 0 Å². The highest BCUT2D eigenvalue weighted by Gasteiger charge is 2.20. The van der Waals surface area contributed by atoms with E-state index < -0.39 is 0 Å². The minimum atomic E-state index is 0.774. The van der Waals surface area contributed by atoms with Crippen LogP contribution in [0.5, 0.6) is 0 Å². The molecule has 1 heterocycles. The fourth-order valence-corrected chi connectivity index (χ4v) is 2.92. The average Bonchev–Trinajstić information content (AvgIpc) is 2.28. The topological polar surface area (TPSA) is 21.3 Å². The van der Waals surface area contributed by atoms with Gasteiger partial charge in [0.2, 0.25) is 0 Å². The molecule has 1 saturated heterocycles. The highest BCUT2D eigenvalue weighted by Crippen LogP contribution is 2.24. The second-order valence-corrected chi connectivity index (χ2v) is 5.46. The average molecular weight is 211 g/mol. The summed E-state index contributed by atoms with van der Waals surface area (Å²) in [4.78, 5) is 0. The third kappa shape index (κ3) is 3.76. The summed E-state index contributed by atoms with van der Waals surface area (Å²) in [6, 6.07) is 0.788. The molecule has 0 bridgehead atoms. The zero-order valence-electron chi connectivity index (χ0n) is 10.0. The SMILES string of the molecule is CC1CCCC(NCC2CCCOC2)C1.